The van der Waals surface area contributed by atoms with E-state index in [0.29, 0.717) is 6.10 Å². The summed E-state index contributed by atoms with van der Waals surface area (Å²) in [6.07, 6.45) is 0.409. The van der Waals surface area contributed by atoms with Crippen LogP contribution in [0.5, 0.6) is 0 Å². The van der Waals surface area contributed by atoms with Gasteiger partial charge in [0.05, 0.1) is 12.7 Å². The van der Waals surface area contributed by atoms with Crippen LogP contribution in [0.3, 0.4) is 0 Å². The van der Waals surface area contributed by atoms with E-state index in [1.165, 1.54) is 26.2 Å². The number of hydrogen-bond donors (Lipinski definition) is 1. The molecule has 0 aromatic carbocycles. The molecule has 2 saturated heterocycles. The van der Waals surface area contributed by atoms with Gasteiger partial charge in [-0.05, 0) is 7.05 Å². The second-order valence-corrected chi connectivity index (χ2v) is 4.30. The van der Waals surface area contributed by atoms with E-state index in [2.05, 4.69) is 22.2 Å². The standard InChI is InChI=1S/C10H21N3O.3ClH/c1-12-3-5-13(6-4-12)9-10-8-11-2-7-14-10;;;/h10-11H,2-9H2,1H3;3*1H. The Labute approximate surface area is 123 Å². The highest BCUT2D eigenvalue weighted by Gasteiger charge is 2.20. The molecule has 2 heterocycles. The van der Waals surface area contributed by atoms with Crippen molar-refractivity contribution in [2.75, 3.05) is 59.5 Å². The van der Waals surface area contributed by atoms with Crippen LogP contribution in [0.25, 0.3) is 0 Å². The van der Waals surface area contributed by atoms with E-state index < -0.39 is 0 Å². The third-order valence-corrected chi connectivity index (χ3v) is 3.06. The van der Waals surface area contributed by atoms with Crippen LogP contribution in [0.2, 0.25) is 0 Å². The smallest absolute Gasteiger partial charge is 0.0826 e. The van der Waals surface area contributed by atoms with E-state index in [9.17, 15) is 0 Å². The lowest BCUT2D eigenvalue weighted by atomic mass is 10.2. The summed E-state index contributed by atoms with van der Waals surface area (Å²) in [6, 6.07) is 0. The van der Waals surface area contributed by atoms with Crippen LogP contribution >= 0.6 is 37.2 Å². The van der Waals surface area contributed by atoms with Gasteiger partial charge in [0.25, 0.3) is 0 Å². The molecule has 4 nitrogen and oxygen atoms in total. The van der Waals surface area contributed by atoms with Crippen LogP contribution in [0.4, 0.5) is 0 Å². The largest absolute Gasteiger partial charge is 0.374 e. The van der Waals surface area contributed by atoms with Crippen LogP contribution in [0, 0.1) is 0 Å². The zero-order valence-corrected chi connectivity index (χ0v) is 12.7. The van der Waals surface area contributed by atoms with Gasteiger partial charge in [-0.2, -0.15) is 0 Å². The highest BCUT2D eigenvalue weighted by molar-refractivity contribution is 5.86. The maximum atomic E-state index is 5.69. The van der Waals surface area contributed by atoms with Gasteiger partial charge in [0.15, 0.2) is 0 Å². The SMILES string of the molecule is CN1CCN(CC2CNCCO2)CC1.Cl.Cl.Cl. The van der Waals surface area contributed by atoms with Crippen LogP contribution in [-0.4, -0.2) is 75.4 Å². The molecule has 0 saturated carbocycles. The Morgan fingerprint density at radius 3 is 2.29 bits per heavy atom. The zero-order chi connectivity index (χ0) is 9.80. The minimum absolute atomic E-state index is 0. The van der Waals surface area contributed by atoms with Crippen molar-refractivity contribution in [1.82, 2.24) is 15.1 Å². The molecule has 1 N–H and O–H groups in total. The topological polar surface area (TPSA) is 27.7 Å². The molecule has 2 rings (SSSR count). The van der Waals surface area contributed by atoms with Gasteiger partial charge in [0, 0.05) is 45.8 Å². The van der Waals surface area contributed by atoms with Crippen molar-refractivity contribution in [3.05, 3.63) is 0 Å². The molecule has 2 fully saturated rings. The van der Waals surface area contributed by atoms with Gasteiger partial charge < -0.3 is 15.0 Å². The average molecular weight is 309 g/mol. The first-order valence-corrected chi connectivity index (χ1v) is 5.58. The molecule has 0 radical (unpaired) electrons. The number of morpholine rings is 1. The molecule has 0 aromatic heterocycles. The number of piperazine rings is 1. The summed E-state index contributed by atoms with van der Waals surface area (Å²) in [7, 11) is 2.19. The van der Waals surface area contributed by atoms with E-state index in [-0.39, 0.29) is 37.2 Å². The second-order valence-electron chi connectivity index (χ2n) is 4.30. The second kappa shape index (κ2) is 10.6. The number of ether oxygens (including phenoxy) is 1. The molecule has 7 heteroatoms. The number of rotatable bonds is 2. The fourth-order valence-corrected chi connectivity index (χ4v) is 2.06. The normalized spacial score (nSPS) is 26.3. The van der Waals surface area contributed by atoms with Gasteiger partial charge in [-0.3, -0.25) is 4.90 Å². The summed E-state index contributed by atoms with van der Waals surface area (Å²) in [5, 5.41) is 3.37. The van der Waals surface area contributed by atoms with Gasteiger partial charge in [0.1, 0.15) is 0 Å². The first-order chi connectivity index (χ1) is 6.84. The Balaban J connectivity index is 0. The number of halogens is 3. The van der Waals surface area contributed by atoms with Crippen molar-refractivity contribution in [1.29, 1.82) is 0 Å². The van der Waals surface area contributed by atoms with Crippen molar-refractivity contribution >= 4 is 37.2 Å². The molecular weight excluding hydrogens is 284 g/mol. The molecule has 2 aliphatic heterocycles. The zero-order valence-electron chi connectivity index (χ0n) is 10.3. The van der Waals surface area contributed by atoms with Crippen molar-refractivity contribution in [3.8, 4) is 0 Å². The summed E-state index contributed by atoms with van der Waals surface area (Å²) >= 11 is 0. The van der Waals surface area contributed by atoms with Gasteiger partial charge >= 0.3 is 0 Å². The third-order valence-electron chi connectivity index (χ3n) is 3.06. The molecule has 1 unspecified atom stereocenters. The van der Waals surface area contributed by atoms with E-state index in [4.69, 9.17) is 4.74 Å². The Morgan fingerprint density at radius 1 is 1.12 bits per heavy atom. The van der Waals surface area contributed by atoms with Crippen molar-refractivity contribution in [2.24, 2.45) is 0 Å². The molecule has 0 bridgehead atoms. The Morgan fingerprint density at radius 2 is 1.76 bits per heavy atom. The summed E-state index contributed by atoms with van der Waals surface area (Å²) in [5.74, 6) is 0. The highest BCUT2D eigenvalue weighted by atomic mass is 35.5. The van der Waals surface area contributed by atoms with Crippen LogP contribution < -0.4 is 5.32 Å². The van der Waals surface area contributed by atoms with Crippen molar-refractivity contribution < 1.29 is 4.74 Å². The highest BCUT2D eigenvalue weighted by Crippen LogP contribution is 2.03. The molecule has 0 aliphatic carbocycles. The first-order valence-electron chi connectivity index (χ1n) is 5.58. The van der Waals surface area contributed by atoms with Crippen molar-refractivity contribution in [2.45, 2.75) is 6.10 Å². The molecule has 17 heavy (non-hydrogen) atoms. The monoisotopic (exact) mass is 307 g/mol. The Hall–Kier alpha value is 0.710. The predicted molar refractivity (Wildman–Crippen MR) is 78.3 cm³/mol. The van der Waals surface area contributed by atoms with E-state index >= 15 is 0 Å². The third kappa shape index (κ3) is 7.01. The lowest BCUT2D eigenvalue weighted by molar-refractivity contribution is -0.00229. The van der Waals surface area contributed by atoms with Gasteiger partial charge in [-0.1, -0.05) is 0 Å². The Bertz CT molecular complexity index is 174. The quantitative estimate of drug-likeness (QED) is 0.803. The number of nitrogens with one attached hydrogen (secondary N) is 1. The van der Waals surface area contributed by atoms with Gasteiger partial charge in [-0.15, -0.1) is 37.2 Å². The van der Waals surface area contributed by atoms with E-state index in [0.717, 1.165) is 26.2 Å². The van der Waals surface area contributed by atoms with Crippen molar-refractivity contribution in [3.63, 3.8) is 0 Å². The van der Waals surface area contributed by atoms with E-state index in [1.54, 1.807) is 0 Å². The van der Waals surface area contributed by atoms with Crippen LogP contribution in [0.15, 0.2) is 0 Å². The molecule has 0 amide bonds. The maximum absolute atomic E-state index is 5.69. The minimum Gasteiger partial charge on any atom is -0.374 e. The predicted octanol–water partition coefficient (Wildman–Crippen LogP) is 0.488. The molecule has 0 aromatic rings. The molecule has 0 spiro atoms. The average Bonchev–Trinajstić information content (AvgIpc) is 2.23. The lowest BCUT2D eigenvalue weighted by Gasteiger charge is -2.35. The molecular formula is C10H24Cl3N3O. The minimum atomic E-state index is 0. The summed E-state index contributed by atoms with van der Waals surface area (Å²) in [4.78, 5) is 4.90. The number of likely N-dealkylation sites (N-methyl/N-ethyl adjacent to an activating group) is 1. The lowest BCUT2D eigenvalue weighted by Crippen LogP contribution is -2.50. The van der Waals surface area contributed by atoms with Gasteiger partial charge in [-0.25, -0.2) is 0 Å². The maximum Gasteiger partial charge on any atom is 0.0826 e. The first kappa shape index (κ1) is 20.0. The Kier molecular flexibility index (Phi) is 12.5. The van der Waals surface area contributed by atoms with Crippen LogP contribution in [-0.2, 0) is 4.74 Å². The summed E-state index contributed by atoms with van der Waals surface area (Å²) in [6.45, 7) is 8.78. The van der Waals surface area contributed by atoms with E-state index in [1.807, 2.05) is 0 Å². The molecule has 1 atom stereocenters. The molecule has 106 valence electrons. The fourth-order valence-electron chi connectivity index (χ4n) is 2.06. The molecule has 2 aliphatic rings. The summed E-state index contributed by atoms with van der Waals surface area (Å²) in [5.41, 5.74) is 0. The number of hydrogen-bond acceptors (Lipinski definition) is 4. The summed E-state index contributed by atoms with van der Waals surface area (Å²) < 4.78 is 5.69. The van der Waals surface area contributed by atoms with Crippen LogP contribution in [0.1, 0.15) is 0 Å². The number of nitrogens with zero attached hydrogens (tertiary/aromatic N) is 2. The fraction of sp³-hybridized carbons (Fsp3) is 1.00. The van der Waals surface area contributed by atoms with Gasteiger partial charge in [0.2, 0.25) is 0 Å².